The number of nitrogens with zero attached hydrogens (tertiary/aromatic N) is 2. The topological polar surface area (TPSA) is 104 Å². The van der Waals surface area contributed by atoms with Crippen molar-refractivity contribution < 1.29 is 14.2 Å². The number of nitriles is 1. The average Bonchev–Trinajstić information content (AvgIpc) is 3.20. The third kappa shape index (κ3) is 2.41. The number of rotatable bonds is 3. The van der Waals surface area contributed by atoms with Crippen LogP contribution in [0.4, 0.5) is 0 Å². The smallest absolute Gasteiger partial charge is 0.243 e. The van der Waals surface area contributed by atoms with Crippen molar-refractivity contribution in [3.63, 3.8) is 0 Å². The molecular weight excluding hydrogens is 344 g/mol. The molecule has 25 heavy (non-hydrogen) atoms. The maximum atomic E-state index is 9.66. The molecule has 0 saturated heterocycles. The van der Waals surface area contributed by atoms with Crippen molar-refractivity contribution in [1.82, 2.24) is 10.2 Å². The molecule has 2 unspecified atom stereocenters. The molecule has 2 atom stereocenters. The maximum Gasteiger partial charge on any atom is 0.243 e. The molecule has 0 spiro atoms. The zero-order valence-electron chi connectivity index (χ0n) is 13.4. The highest BCUT2D eigenvalue weighted by molar-refractivity contribution is 6.31. The molecule has 0 amide bonds. The molecule has 0 bridgehead atoms. The number of fused-ring (bicyclic) bond motifs is 2. The molecule has 0 aliphatic carbocycles. The van der Waals surface area contributed by atoms with Gasteiger partial charge in [-0.1, -0.05) is 24.9 Å². The van der Waals surface area contributed by atoms with Gasteiger partial charge < -0.3 is 14.2 Å². The van der Waals surface area contributed by atoms with Gasteiger partial charge in [0.25, 0.3) is 0 Å². The minimum atomic E-state index is -0.793. The Kier molecular flexibility index (Phi) is 3.77. The molecule has 4 rings (SSSR count). The summed E-state index contributed by atoms with van der Waals surface area (Å²) < 4.78 is 16.3. The van der Waals surface area contributed by atoms with E-state index in [-0.39, 0.29) is 12.7 Å². The van der Waals surface area contributed by atoms with Gasteiger partial charge >= 0.3 is 0 Å². The minimum absolute atomic E-state index is 0.136. The van der Waals surface area contributed by atoms with Gasteiger partial charge in [-0.3, -0.25) is 10.5 Å². The first-order valence-corrected chi connectivity index (χ1v) is 8.34. The normalized spacial score (nSPS) is 20.8. The van der Waals surface area contributed by atoms with Gasteiger partial charge in [-0.15, -0.1) is 5.10 Å². The highest BCUT2D eigenvalue weighted by Gasteiger charge is 2.41. The molecule has 8 heteroatoms. The van der Waals surface area contributed by atoms with Gasteiger partial charge in [-0.05, 0) is 18.1 Å². The van der Waals surface area contributed by atoms with E-state index in [9.17, 15) is 5.26 Å². The first-order chi connectivity index (χ1) is 12.1. The Morgan fingerprint density at radius 2 is 2.16 bits per heavy atom. The zero-order chi connectivity index (χ0) is 17.6. The van der Waals surface area contributed by atoms with Crippen molar-refractivity contribution in [1.29, 1.82) is 10.7 Å². The van der Waals surface area contributed by atoms with Gasteiger partial charge in [-0.2, -0.15) is 5.26 Å². The third-order valence-electron chi connectivity index (χ3n) is 4.45. The van der Waals surface area contributed by atoms with Crippen molar-refractivity contribution >= 4 is 17.5 Å². The number of ether oxygens (including phenoxy) is 3. The number of aromatic nitrogens is 2. The van der Waals surface area contributed by atoms with Gasteiger partial charge in [0.15, 0.2) is 11.5 Å². The van der Waals surface area contributed by atoms with Crippen LogP contribution in [0.25, 0.3) is 0 Å². The van der Waals surface area contributed by atoms with E-state index >= 15 is 0 Å². The van der Waals surface area contributed by atoms with Crippen molar-refractivity contribution in [3.05, 3.63) is 34.0 Å². The van der Waals surface area contributed by atoms with Crippen molar-refractivity contribution in [2.45, 2.75) is 25.7 Å². The van der Waals surface area contributed by atoms with E-state index in [4.69, 9.17) is 31.2 Å². The van der Waals surface area contributed by atoms with Crippen molar-refractivity contribution in [3.8, 4) is 23.4 Å². The molecule has 0 radical (unpaired) electrons. The summed E-state index contributed by atoms with van der Waals surface area (Å²) in [6, 6.07) is 5.64. The Morgan fingerprint density at radius 3 is 2.88 bits per heavy atom. The number of nitrogens with one attached hydrogen (secondary N) is 2. The summed E-state index contributed by atoms with van der Waals surface area (Å²) >= 11 is 6.49. The first kappa shape index (κ1) is 15.8. The van der Waals surface area contributed by atoms with E-state index in [1.807, 2.05) is 0 Å². The van der Waals surface area contributed by atoms with Crippen LogP contribution in [-0.4, -0.2) is 22.9 Å². The SMILES string of the molecule is CCCc1[nH]nc2c1C(c1cc3c(cc1Cl)OCO3)C(C#N)C(=N)O2. The lowest BCUT2D eigenvalue weighted by Crippen LogP contribution is -2.31. The number of halogens is 1. The van der Waals surface area contributed by atoms with E-state index in [1.54, 1.807) is 12.1 Å². The fourth-order valence-electron chi connectivity index (χ4n) is 3.33. The van der Waals surface area contributed by atoms with E-state index < -0.39 is 11.8 Å². The van der Waals surface area contributed by atoms with Gasteiger partial charge in [0, 0.05) is 28.3 Å². The Bertz CT molecular complexity index is 902. The Morgan fingerprint density at radius 1 is 1.40 bits per heavy atom. The van der Waals surface area contributed by atoms with Crippen LogP contribution < -0.4 is 14.2 Å². The lowest BCUT2D eigenvalue weighted by molar-refractivity contribution is 0.174. The summed E-state index contributed by atoms with van der Waals surface area (Å²) in [6.07, 6.45) is 1.67. The Hall–Kier alpha value is -2.72. The van der Waals surface area contributed by atoms with Gasteiger partial charge in [0.1, 0.15) is 5.92 Å². The average molecular weight is 359 g/mol. The second-order valence-electron chi connectivity index (χ2n) is 5.95. The van der Waals surface area contributed by atoms with Gasteiger partial charge in [-0.25, -0.2) is 0 Å². The van der Waals surface area contributed by atoms with Crippen LogP contribution in [0.2, 0.25) is 5.02 Å². The van der Waals surface area contributed by atoms with Crippen LogP contribution >= 0.6 is 11.6 Å². The summed E-state index contributed by atoms with van der Waals surface area (Å²) in [7, 11) is 0. The number of H-pyrrole nitrogens is 1. The molecule has 0 saturated carbocycles. The first-order valence-electron chi connectivity index (χ1n) is 7.96. The molecule has 128 valence electrons. The molecule has 7 nitrogen and oxygen atoms in total. The number of hydrogen-bond donors (Lipinski definition) is 2. The molecule has 1 aromatic carbocycles. The van der Waals surface area contributed by atoms with Crippen molar-refractivity contribution in [2.24, 2.45) is 5.92 Å². The van der Waals surface area contributed by atoms with E-state index in [1.165, 1.54) is 0 Å². The molecule has 3 heterocycles. The standard InChI is InChI=1S/C17H15ClN4O3/c1-2-3-11-15-14(9(6-19)16(20)25-17(15)22-21-11)8-4-12-13(5-10(8)18)24-7-23-12/h4-5,9,14,20H,2-3,7H2,1H3,(H,21,22). The van der Waals surface area contributed by atoms with Crippen LogP contribution in [0.5, 0.6) is 17.4 Å². The van der Waals surface area contributed by atoms with Crippen LogP contribution in [0.1, 0.15) is 36.1 Å². The minimum Gasteiger partial charge on any atom is -0.454 e. The third-order valence-corrected chi connectivity index (χ3v) is 4.77. The highest BCUT2D eigenvalue weighted by Crippen LogP contribution is 2.48. The van der Waals surface area contributed by atoms with E-state index in [2.05, 4.69) is 23.2 Å². The number of benzene rings is 1. The number of aryl methyl sites for hydroxylation is 1. The fourth-order valence-corrected chi connectivity index (χ4v) is 3.60. The zero-order valence-corrected chi connectivity index (χ0v) is 14.2. The Labute approximate surface area is 149 Å². The summed E-state index contributed by atoms with van der Waals surface area (Å²) in [6.45, 7) is 2.20. The van der Waals surface area contributed by atoms with E-state index in [0.717, 1.165) is 24.1 Å². The number of aromatic amines is 1. The molecule has 2 N–H and O–H groups in total. The summed E-state index contributed by atoms with van der Waals surface area (Å²) in [4.78, 5) is 0. The van der Waals surface area contributed by atoms with Crippen LogP contribution in [-0.2, 0) is 6.42 Å². The molecular formula is C17H15ClN4O3. The van der Waals surface area contributed by atoms with Gasteiger partial charge in [0.2, 0.25) is 18.6 Å². The molecule has 1 aromatic heterocycles. The quantitative estimate of drug-likeness (QED) is 0.875. The largest absolute Gasteiger partial charge is 0.454 e. The van der Waals surface area contributed by atoms with Crippen LogP contribution in [0, 0.1) is 22.7 Å². The molecule has 2 aliphatic heterocycles. The number of hydrogen-bond acceptors (Lipinski definition) is 6. The summed E-state index contributed by atoms with van der Waals surface area (Å²) in [5.41, 5.74) is 2.37. The second-order valence-corrected chi connectivity index (χ2v) is 6.36. The Balaban J connectivity index is 1.92. The fraction of sp³-hybridized carbons (Fsp3) is 0.353. The lowest BCUT2D eigenvalue weighted by Gasteiger charge is -2.28. The molecule has 2 aliphatic rings. The summed E-state index contributed by atoms with van der Waals surface area (Å²) in [5.74, 6) is 0.103. The maximum absolute atomic E-state index is 9.66. The molecule has 2 aromatic rings. The summed E-state index contributed by atoms with van der Waals surface area (Å²) in [5, 5.41) is 25.4. The lowest BCUT2D eigenvalue weighted by atomic mass is 9.79. The predicted octanol–water partition coefficient (Wildman–Crippen LogP) is 3.39. The highest BCUT2D eigenvalue weighted by atomic mass is 35.5. The second kappa shape index (κ2) is 5.97. The molecule has 0 fully saturated rings. The van der Waals surface area contributed by atoms with Gasteiger partial charge in [0.05, 0.1) is 6.07 Å². The van der Waals surface area contributed by atoms with Crippen molar-refractivity contribution in [2.75, 3.05) is 6.79 Å². The van der Waals surface area contributed by atoms with Crippen LogP contribution in [0.15, 0.2) is 12.1 Å². The predicted molar refractivity (Wildman–Crippen MR) is 89.5 cm³/mol. The van der Waals surface area contributed by atoms with E-state index in [0.29, 0.717) is 28.0 Å². The monoisotopic (exact) mass is 358 g/mol. The van der Waals surface area contributed by atoms with Crippen LogP contribution in [0.3, 0.4) is 0 Å².